The van der Waals surface area contributed by atoms with Crippen LogP contribution in [0.5, 0.6) is 23.0 Å². The first kappa shape index (κ1) is 33.6. The van der Waals surface area contributed by atoms with Gasteiger partial charge in [0.15, 0.2) is 11.4 Å². The third-order valence-electron chi connectivity index (χ3n) is 6.33. The van der Waals surface area contributed by atoms with Crippen LogP contribution in [0.1, 0.15) is 70.1 Å². The van der Waals surface area contributed by atoms with Crippen molar-refractivity contribution in [3.8, 4) is 23.0 Å². The number of amides is 1. The van der Waals surface area contributed by atoms with Gasteiger partial charge in [-0.05, 0) is 83.9 Å². The molecule has 0 unspecified atom stereocenters. The summed E-state index contributed by atoms with van der Waals surface area (Å²) in [4.78, 5) is 43.2. The number of hydrogen-bond donors (Lipinski definition) is 1. The number of aromatic nitrogens is 1. The van der Waals surface area contributed by atoms with E-state index in [-0.39, 0.29) is 17.2 Å². The Bertz CT molecular complexity index is 1440. The smallest absolute Gasteiger partial charge is 0.333 e. The molecule has 0 bridgehead atoms. The Labute approximate surface area is 258 Å². The molecule has 0 saturated heterocycles. The van der Waals surface area contributed by atoms with Gasteiger partial charge in [-0.25, -0.2) is 9.78 Å². The Kier molecular flexibility index (Phi) is 11.5. The summed E-state index contributed by atoms with van der Waals surface area (Å²) < 4.78 is 27.8. The number of nitrogens with one attached hydrogen (secondary N) is 1. The topological polar surface area (TPSA) is 122 Å². The van der Waals surface area contributed by atoms with Crippen LogP contribution in [-0.4, -0.2) is 49.2 Å². The summed E-state index contributed by atoms with van der Waals surface area (Å²) in [5.41, 5.74) is 1.21. The molecule has 0 aliphatic rings. The molecule has 2 aromatic carbocycles. The second-order valence-corrected chi connectivity index (χ2v) is 10.8. The van der Waals surface area contributed by atoms with Gasteiger partial charge in [-0.15, -0.1) is 0 Å². The summed E-state index contributed by atoms with van der Waals surface area (Å²) in [5, 5.41) is 2.59. The van der Waals surface area contributed by atoms with Crippen molar-refractivity contribution in [3.05, 3.63) is 83.4 Å². The molecule has 0 saturated carbocycles. The molecule has 1 aromatic heterocycles. The van der Waals surface area contributed by atoms with Crippen LogP contribution >= 0.6 is 0 Å². The van der Waals surface area contributed by atoms with E-state index in [9.17, 15) is 14.4 Å². The van der Waals surface area contributed by atoms with Crippen molar-refractivity contribution in [2.75, 3.05) is 20.3 Å². The standard InChI is InChI=1S/C34H40N2O8/c1-9-41-25-15-11-23(12-16-25)28(24-13-17-26(18-14-24)42-10-2)22(4)43-32(38)21(3)36-31(37)29-30(27(40-8)19-20-35-29)44-33(39)34(5,6)7/h11-21H,9-10H2,1-8H3,(H,36,37)/t21-/m0/s1. The van der Waals surface area contributed by atoms with E-state index in [1.807, 2.05) is 62.4 Å². The zero-order chi connectivity index (χ0) is 32.4. The Balaban J connectivity index is 1.88. The fourth-order valence-electron chi connectivity index (χ4n) is 4.05. The molecule has 1 atom stereocenters. The molecule has 44 heavy (non-hydrogen) atoms. The number of carbonyl (C=O) groups is 3. The second kappa shape index (κ2) is 15.0. The van der Waals surface area contributed by atoms with Crippen LogP contribution in [0.4, 0.5) is 0 Å². The van der Waals surface area contributed by atoms with Crippen LogP contribution in [0, 0.1) is 5.41 Å². The van der Waals surface area contributed by atoms with E-state index in [1.165, 1.54) is 26.3 Å². The van der Waals surface area contributed by atoms with Crippen molar-refractivity contribution in [2.45, 2.75) is 54.5 Å². The highest BCUT2D eigenvalue weighted by Gasteiger charge is 2.30. The number of esters is 2. The zero-order valence-corrected chi connectivity index (χ0v) is 26.5. The van der Waals surface area contributed by atoms with Gasteiger partial charge in [-0.1, -0.05) is 24.3 Å². The van der Waals surface area contributed by atoms with Gasteiger partial charge in [0.25, 0.3) is 5.91 Å². The molecular formula is C34H40N2O8. The number of ether oxygens (including phenoxy) is 5. The summed E-state index contributed by atoms with van der Waals surface area (Å²) >= 11 is 0. The summed E-state index contributed by atoms with van der Waals surface area (Å²) in [5.74, 6) is -0.277. The molecule has 1 N–H and O–H groups in total. The first-order chi connectivity index (χ1) is 20.9. The van der Waals surface area contributed by atoms with Gasteiger partial charge in [0, 0.05) is 17.8 Å². The van der Waals surface area contributed by atoms with Crippen LogP contribution in [0.2, 0.25) is 0 Å². The Morgan fingerprint density at radius 1 is 0.864 bits per heavy atom. The number of benzene rings is 2. The molecule has 1 heterocycles. The number of methoxy groups -OCH3 is 1. The molecular weight excluding hydrogens is 564 g/mol. The molecule has 234 valence electrons. The largest absolute Gasteiger partial charge is 0.494 e. The minimum atomic E-state index is -1.08. The van der Waals surface area contributed by atoms with Gasteiger partial charge in [0.1, 0.15) is 23.3 Å². The highest BCUT2D eigenvalue weighted by atomic mass is 16.6. The predicted octanol–water partition coefficient (Wildman–Crippen LogP) is 5.98. The minimum Gasteiger partial charge on any atom is -0.494 e. The van der Waals surface area contributed by atoms with Crippen molar-refractivity contribution in [1.29, 1.82) is 0 Å². The van der Waals surface area contributed by atoms with Gasteiger partial charge < -0.3 is 29.0 Å². The lowest BCUT2D eigenvalue weighted by molar-refractivity contribution is -0.143. The Morgan fingerprint density at radius 3 is 1.84 bits per heavy atom. The SMILES string of the molecule is CCOc1ccc(C(=C(C)OC(=O)[C@H](C)NC(=O)c2nccc(OC)c2OC(=O)C(C)(C)C)c2ccc(OCC)cc2)cc1. The Hall–Kier alpha value is -4.86. The van der Waals surface area contributed by atoms with Crippen molar-refractivity contribution >= 4 is 23.4 Å². The Morgan fingerprint density at radius 2 is 1.39 bits per heavy atom. The first-order valence-electron chi connectivity index (χ1n) is 14.3. The normalized spacial score (nSPS) is 11.5. The monoisotopic (exact) mass is 604 g/mol. The van der Waals surface area contributed by atoms with Crippen molar-refractivity contribution < 1.29 is 38.1 Å². The lowest BCUT2D eigenvalue weighted by Crippen LogP contribution is -2.40. The summed E-state index contributed by atoms with van der Waals surface area (Å²) in [7, 11) is 1.38. The second-order valence-electron chi connectivity index (χ2n) is 10.8. The molecule has 0 aliphatic heterocycles. The maximum atomic E-state index is 13.2. The molecule has 10 nitrogen and oxygen atoms in total. The molecule has 0 radical (unpaired) electrons. The molecule has 1 amide bonds. The quantitative estimate of drug-likeness (QED) is 0.196. The van der Waals surface area contributed by atoms with E-state index in [0.717, 1.165) is 11.1 Å². The number of pyridine rings is 1. The first-order valence-corrected chi connectivity index (χ1v) is 14.3. The molecule has 0 aliphatic carbocycles. The van der Waals surface area contributed by atoms with E-state index in [0.29, 0.717) is 36.0 Å². The third kappa shape index (κ3) is 8.59. The van der Waals surface area contributed by atoms with E-state index in [1.54, 1.807) is 27.7 Å². The molecule has 0 fully saturated rings. The molecule has 10 heteroatoms. The van der Waals surface area contributed by atoms with Crippen LogP contribution in [0.25, 0.3) is 5.57 Å². The summed E-state index contributed by atoms with van der Waals surface area (Å²) in [6.45, 7) is 13.1. The van der Waals surface area contributed by atoms with Gasteiger partial charge >= 0.3 is 11.9 Å². The van der Waals surface area contributed by atoms with E-state index < -0.39 is 29.3 Å². The molecule has 3 rings (SSSR count). The van der Waals surface area contributed by atoms with Crippen LogP contribution in [-0.2, 0) is 14.3 Å². The lowest BCUT2D eigenvalue weighted by atomic mass is 9.96. The fourth-order valence-corrected chi connectivity index (χ4v) is 4.05. The lowest BCUT2D eigenvalue weighted by Gasteiger charge is -2.20. The van der Waals surface area contributed by atoms with Gasteiger partial charge in [-0.2, -0.15) is 0 Å². The van der Waals surface area contributed by atoms with Gasteiger partial charge in [0.2, 0.25) is 5.75 Å². The number of nitrogens with zero attached hydrogens (tertiary/aromatic N) is 1. The van der Waals surface area contributed by atoms with E-state index >= 15 is 0 Å². The van der Waals surface area contributed by atoms with Crippen molar-refractivity contribution in [2.24, 2.45) is 5.41 Å². The third-order valence-corrected chi connectivity index (χ3v) is 6.33. The van der Waals surface area contributed by atoms with Crippen molar-refractivity contribution in [1.82, 2.24) is 10.3 Å². The average Bonchev–Trinajstić information content (AvgIpc) is 2.98. The highest BCUT2D eigenvalue weighted by Crippen LogP contribution is 2.33. The van der Waals surface area contributed by atoms with Crippen LogP contribution in [0.15, 0.2) is 66.6 Å². The minimum absolute atomic E-state index is 0.141. The van der Waals surface area contributed by atoms with Crippen LogP contribution in [0.3, 0.4) is 0 Å². The molecule has 3 aromatic rings. The predicted molar refractivity (Wildman–Crippen MR) is 166 cm³/mol. The fraction of sp³-hybridized carbons (Fsp3) is 0.353. The number of allylic oxidation sites excluding steroid dienone is 1. The van der Waals surface area contributed by atoms with Crippen molar-refractivity contribution in [3.63, 3.8) is 0 Å². The zero-order valence-electron chi connectivity index (χ0n) is 26.5. The number of carbonyl (C=O) groups excluding carboxylic acids is 3. The maximum Gasteiger partial charge on any atom is 0.333 e. The average molecular weight is 605 g/mol. The van der Waals surface area contributed by atoms with Gasteiger partial charge in [0.05, 0.1) is 25.7 Å². The molecule has 0 spiro atoms. The van der Waals surface area contributed by atoms with Gasteiger partial charge in [-0.3, -0.25) is 9.59 Å². The summed E-state index contributed by atoms with van der Waals surface area (Å²) in [6, 6.07) is 15.3. The summed E-state index contributed by atoms with van der Waals surface area (Å²) in [6.07, 6.45) is 1.35. The van der Waals surface area contributed by atoms with Crippen LogP contribution < -0.4 is 24.3 Å². The number of rotatable bonds is 12. The maximum absolute atomic E-state index is 13.2. The van der Waals surface area contributed by atoms with E-state index in [4.69, 9.17) is 23.7 Å². The van der Waals surface area contributed by atoms with E-state index in [2.05, 4.69) is 10.3 Å². The highest BCUT2D eigenvalue weighted by molar-refractivity contribution is 5.99. The number of hydrogen-bond acceptors (Lipinski definition) is 9.